The van der Waals surface area contributed by atoms with E-state index in [1.807, 2.05) is 0 Å². The van der Waals surface area contributed by atoms with Crippen molar-refractivity contribution in [2.45, 2.75) is 65.2 Å². The molecule has 0 fully saturated rings. The van der Waals surface area contributed by atoms with Crippen LogP contribution in [0.5, 0.6) is 0 Å². The second kappa shape index (κ2) is 4.13. The highest BCUT2D eigenvalue weighted by molar-refractivity contribution is 7.65. The molecule has 13 heavy (non-hydrogen) atoms. The van der Waals surface area contributed by atoms with E-state index in [-0.39, 0.29) is 7.92 Å². The molecule has 0 saturated heterocycles. The first-order chi connectivity index (χ1) is 5.60. The lowest BCUT2D eigenvalue weighted by atomic mass is 10.2. The van der Waals surface area contributed by atoms with E-state index in [1.54, 1.807) is 0 Å². The Bertz CT molecular complexity index is 164. The molecule has 0 aromatic carbocycles. The summed E-state index contributed by atoms with van der Waals surface area (Å²) in [5.74, 6) is 0. The van der Waals surface area contributed by atoms with Gasteiger partial charge in [0.25, 0.3) is 0 Å². The minimum atomic E-state index is -0.0985. The van der Waals surface area contributed by atoms with E-state index in [2.05, 4.69) is 55.0 Å². The van der Waals surface area contributed by atoms with Gasteiger partial charge in [-0.1, -0.05) is 68.3 Å². The van der Waals surface area contributed by atoms with Gasteiger partial charge in [0.2, 0.25) is 0 Å². The Labute approximate surface area is 85.6 Å². The monoisotopic (exact) mass is 200 g/mol. The summed E-state index contributed by atoms with van der Waals surface area (Å²) in [6, 6.07) is 0. The van der Waals surface area contributed by atoms with Crippen LogP contribution in [0, 0.1) is 0 Å². The summed E-state index contributed by atoms with van der Waals surface area (Å²) < 4.78 is 0. The lowest BCUT2D eigenvalue weighted by molar-refractivity contribution is 0.709. The van der Waals surface area contributed by atoms with Crippen LogP contribution < -0.4 is 0 Å². The van der Waals surface area contributed by atoms with E-state index >= 15 is 0 Å². The first kappa shape index (κ1) is 13.2. The molecule has 1 heteroatoms. The van der Waals surface area contributed by atoms with Gasteiger partial charge in [-0.25, -0.2) is 0 Å². The largest absolute Gasteiger partial charge is 0.0953 e. The van der Waals surface area contributed by atoms with Crippen LogP contribution >= 0.6 is 7.92 Å². The maximum atomic E-state index is 4.24. The number of hydrogen-bond acceptors (Lipinski definition) is 0. The minimum Gasteiger partial charge on any atom is -0.0953 e. The Balaban J connectivity index is 4.89. The molecule has 78 valence electrons. The van der Waals surface area contributed by atoms with Gasteiger partial charge < -0.3 is 0 Å². The third-order valence-corrected chi connectivity index (χ3v) is 5.70. The van der Waals surface area contributed by atoms with Gasteiger partial charge in [-0.15, -0.1) is 0 Å². The Morgan fingerprint density at radius 2 is 1.31 bits per heavy atom. The van der Waals surface area contributed by atoms with Crippen molar-refractivity contribution in [1.29, 1.82) is 0 Å². The smallest absolute Gasteiger partial charge is 0.0138 e. The fraction of sp³-hybridized carbons (Fsp3) is 0.833. The van der Waals surface area contributed by atoms with Gasteiger partial charge in [0.1, 0.15) is 0 Å². The molecule has 0 atom stereocenters. The zero-order valence-electron chi connectivity index (χ0n) is 10.4. The first-order valence-electron chi connectivity index (χ1n) is 5.09. The summed E-state index contributed by atoms with van der Waals surface area (Å²) in [4.78, 5) is 0. The van der Waals surface area contributed by atoms with Crippen LogP contribution in [0.1, 0.15) is 54.9 Å². The third kappa shape index (κ3) is 3.81. The molecule has 0 rings (SSSR count). The molecule has 0 aliphatic carbocycles. The van der Waals surface area contributed by atoms with Crippen LogP contribution in [0.4, 0.5) is 0 Å². The van der Waals surface area contributed by atoms with Crippen LogP contribution in [0.15, 0.2) is 11.9 Å². The van der Waals surface area contributed by atoms with Gasteiger partial charge in [0.05, 0.1) is 0 Å². The van der Waals surface area contributed by atoms with E-state index in [0.717, 1.165) is 6.42 Å². The van der Waals surface area contributed by atoms with Gasteiger partial charge >= 0.3 is 0 Å². The third-order valence-electron chi connectivity index (χ3n) is 2.07. The van der Waals surface area contributed by atoms with E-state index in [0.29, 0.717) is 10.3 Å². The van der Waals surface area contributed by atoms with Crippen molar-refractivity contribution in [3.8, 4) is 0 Å². The maximum absolute atomic E-state index is 4.24. The van der Waals surface area contributed by atoms with Crippen molar-refractivity contribution in [2.24, 2.45) is 0 Å². The van der Waals surface area contributed by atoms with Crippen molar-refractivity contribution < 1.29 is 0 Å². The van der Waals surface area contributed by atoms with Crippen molar-refractivity contribution in [3.63, 3.8) is 0 Å². The van der Waals surface area contributed by atoms with E-state index in [4.69, 9.17) is 0 Å². The van der Waals surface area contributed by atoms with E-state index in [9.17, 15) is 0 Å². The van der Waals surface area contributed by atoms with E-state index < -0.39 is 0 Å². The zero-order chi connectivity index (χ0) is 10.9. The molecule has 0 unspecified atom stereocenters. The van der Waals surface area contributed by atoms with E-state index in [1.165, 1.54) is 5.31 Å². The Hall–Kier alpha value is 0.170. The average molecular weight is 200 g/mol. The molecule has 0 N–H and O–H groups in total. The molecule has 0 spiro atoms. The predicted molar refractivity (Wildman–Crippen MR) is 65.9 cm³/mol. The fourth-order valence-corrected chi connectivity index (χ4v) is 6.34. The molecule has 0 amide bonds. The Morgan fingerprint density at radius 1 is 1.00 bits per heavy atom. The van der Waals surface area contributed by atoms with Gasteiger partial charge in [0.15, 0.2) is 0 Å². The average Bonchev–Trinajstić information content (AvgIpc) is 1.80. The van der Waals surface area contributed by atoms with Gasteiger partial charge in [-0.3, -0.25) is 0 Å². The normalized spacial score (nSPS) is 13.5. The highest BCUT2D eigenvalue weighted by Crippen LogP contribution is 2.64. The molecule has 0 aliphatic rings. The lowest BCUT2D eigenvalue weighted by Gasteiger charge is -2.42. The van der Waals surface area contributed by atoms with Crippen LogP contribution in [-0.2, 0) is 0 Å². The molecule has 0 radical (unpaired) electrons. The minimum absolute atomic E-state index is 0.0985. The zero-order valence-corrected chi connectivity index (χ0v) is 11.3. The van der Waals surface area contributed by atoms with Gasteiger partial charge in [-0.05, 0) is 16.7 Å². The lowest BCUT2D eigenvalue weighted by Crippen LogP contribution is -2.25. The standard InChI is InChI=1S/C12H25P/c1-9-10(2)13(11(3,4)5)12(6,7)8/h2,9H2,1,3-8H3. The highest BCUT2D eigenvalue weighted by Gasteiger charge is 2.35. The van der Waals surface area contributed by atoms with Crippen molar-refractivity contribution in [2.75, 3.05) is 0 Å². The molecule has 0 heterocycles. The van der Waals surface area contributed by atoms with Crippen molar-refractivity contribution in [3.05, 3.63) is 11.9 Å². The summed E-state index contributed by atoms with van der Waals surface area (Å²) in [5.41, 5.74) is 0. The first-order valence-corrected chi connectivity index (χ1v) is 6.43. The molecular weight excluding hydrogens is 175 g/mol. The summed E-state index contributed by atoms with van der Waals surface area (Å²) in [7, 11) is -0.0985. The SMILES string of the molecule is C=C(CC)P(C(C)(C)C)C(C)(C)C. The summed E-state index contributed by atoms with van der Waals surface area (Å²) in [6.07, 6.45) is 1.13. The second-order valence-electron chi connectivity index (χ2n) is 5.60. The van der Waals surface area contributed by atoms with Crippen LogP contribution in [0.3, 0.4) is 0 Å². The summed E-state index contributed by atoms with van der Waals surface area (Å²) in [5, 5.41) is 2.23. The molecule has 0 aromatic rings. The molecule has 0 saturated carbocycles. The fourth-order valence-electron chi connectivity index (χ4n) is 2.11. The Kier molecular flexibility index (Phi) is 4.19. The quantitative estimate of drug-likeness (QED) is 0.551. The summed E-state index contributed by atoms with van der Waals surface area (Å²) >= 11 is 0. The highest BCUT2D eigenvalue weighted by atomic mass is 31.1. The maximum Gasteiger partial charge on any atom is -0.0138 e. The number of hydrogen-bond donors (Lipinski definition) is 0. The molecule has 0 aliphatic heterocycles. The predicted octanol–water partition coefficient (Wildman–Crippen LogP) is 4.99. The summed E-state index contributed by atoms with van der Waals surface area (Å²) in [6.45, 7) is 20.5. The van der Waals surface area contributed by atoms with Gasteiger partial charge in [0, 0.05) is 0 Å². The Morgan fingerprint density at radius 3 is 1.38 bits per heavy atom. The van der Waals surface area contributed by atoms with Crippen LogP contribution in [-0.4, -0.2) is 10.3 Å². The van der Waals surface area contributed by atoms with Gasteiger partial charge in [-0.2, -0.15) is 0 Å². The van der Waals surface area contributed by atoms with Crippen LogP contribution in [0.2, 0.25) is 0 Å². The molecule has 0 bridgehead atoms. The molecular formula is C12H25P. The molecule has 0 nitrogen and oxygen atoms in total. The van der Waals surface area contributed by atoms with Crippen molar-refractivity contribution >= 4 is 7.92 Å². The van der Waals surface area contributed by atoms with Crippen LogP contribution in [0.25, 0.3) is 0 Å². The second-order valence-corrected chi connectivity index (χ2v) is 9.58. The van der Waals surface area contributed by atoms with Crippen molar-refractivity contribution in [1.82, 2.24) is 0 Å². The number of rotatable bonds is 2. The number of allylic oxidation sites excluding steroid dienone is 1. The topological polar surface area (TPSA) is 0 Å². The molecule has 0 aromatic heterocycles.